The van der Waals surface area contributed by atoms with Gasteiger partial charge in [0.05, 0.1) is 5.69 Å². The van der Waals surface area contributed by atoms with Crippen LogP contribution >= 0.6 is 15.9 Å². The summed E-state index contributed by atoms with van der Waals surface area (Å²) in [6.07, 6.45) is 0. The van der Waals surface area contributed by atoms with Crippen LogP contribution in [0.25, 0.3) is 11.3 Å². The van der Waals surface area contributed by atoms with Gasteiger partial charge in [-0.3, -0.25) is 4.79 Å². The number of hydrogen-bond donors (Lipinski definition) is 1. The zero-order valence-corrected chi connectivity index (χ0v) is 13.7. The third kappa shape index (κ3) is 4.36. The predicted octanol–water partition coefficient (Wildman–Crippen LogP) is 4.18. The molecule has 110 valence electrons. The summed E-state index contributed by atoms with van der Waals surface area (Å²) in [7, 11) is 0. The summed E-state index contributed by atoms with van der Waals surface area (Å²) in [4.78, 5) is 16.6. The Hall–Kier alpha value is -1.75. The fraction of sp³-hybridized carbons (Fsp3) is 0.250. The smallest absolute Gasteiger partial charge is 0.251 e. The molecule has 0 fully saturated rings. The van der Waals surface area contributed by atoms with Gasteiger partial charge in [0.1, 0.15) is 10.4 Å². The molecule has 0 bridgehead atoms. The normalized spacial score (nSPS) is 11.3. The molecule has 3 nitrogen and oxygen atoms in total. The first-order valence-electron chi connectivity index (χ1n) is 6.51. The summed E-state index contributed by atoms with van der Waals surface area (Å²) in [6, 6.07) is 9.36. The Bertz CT molecular complexity index is 663. The van der Waals surface area contributed by atoms with Crippen LogP contribution in [0.1, 0.15) is 31.1 Å². The van der Waals surface area contributed by atoms with Gasteiger partial charge in [-0.2, -0.15) is 0 Å². The lowest BCUT2D eigenvalue weighted by Crippen LogP contribution is -2.40. The number of pyridine rings is 1. The van der Waals surface area contributed by atoms with Gasteiger partial charge < -0.3 is 5.32 Å². The lowest BCUT2D eigenvalue weighted by Gasteiger charge is -2.20. The molecule has 1 amide bonds. The molecular weight excluding hydrogens is 335 g/mol. The quantitative estimate of drug-likeness (QED) is 0.825. The van der Waals surface area contributed by atoms with Gasteiger partial charge in [0.15, 0.2) is 0 Å². The van der Waals surface area contributed by atoms with Crippen molar-refractivity contribution < 1.29 is 9.18 Å². The van der Waals surface area contributed by atoms with E-state index >= 15 is 0 Å². The summed E-state index contributed by atoms with van der Waals surface area (Å²) in [6.45, 7) is 5.76. The van der Waals surface area contributed by atoms with Gasteiger partial charge in [0.25, 0.3) is 5.91 Å². The number of amides is 1. The maximum Gasteiger partial charge on any atom is 0.251 e. The Balaban J connectivity index is 2.37. The first-order valence-corrected chi connectivity index (χ1v) is 7.30. The molecule has 21 heavy (non-hydrogen) atoms. The number of hydrogen-bond acceptors (Lipinski definition) is 2. The molecule has 0 aliphatic heterocycles. The molecule has 1 heterocycles. The first kappa shape index (κ1) is 15.6. The summed E-state index contributed by atoms with van der Waals surface area (Å²) in [5.41, 5.74) is 1.56. The van der Waals surface area contributed by atoms with Crippen molar-refractivity contribution in [2.75, 3.05) is 0 Å². The second kappa shape index (κ2) is 5.93. The van der Waals surface area contributed by atoms with E-state index in [0.29, 0.717) is 15.9 Å². The first-order chi connectivity index (χ1) is 9.74. The third-order valence-corrected chi connectivity index (χ3v) is 3.09. The molecular formula is C16H16BrFN2O. The number of nitrogens with zero attached hydrogens (tertiary/aromatic N) is 1. The van der Waals surface area contributed by atoms with Crippen LogP contribution < -0.4 is 5.32 Å². The van der Waals surface area contributed by atoms with Gasteiger partial charge in [0, 0.05) is 16.7 Å². The van der Waals surface area contributed by atoms with Gasteiger partial charge in [-0.1, -0.05) is 0 Å². The SMILES string of the molecule is CC(C)(C)NC(=O)c1cc(Br)nc(-c2ccc(F)cc2)c1. The summed E-state index contributed by atoms with van der Waals surface area (Å²) in [5.74, 6) is -0.478. The molecule has 0 aliphatic carbocycles. The molecule has 0 atom stereocenters. The minimum atomic E-state index is -0.317. The minimum Gasteiger partial charge on any atom is -0.347 e. The highest BCUT2D eigenvalue weighted by molar-refractivity contribution is 9.10. The zero-order chi connectivity index (χ0) is 15.6. The van der Waals surface area contributed by atoms with E-state index in [2.05, 4.69) is 26.2 Å². The predicted molar refractivity (Wildman–Crippen MR) is 84.6 cm³/mol. The van der Waals surface area contributed by atoms with Crippen molar-refractivity contribution in [2.24, 2.45) is 0 Å². The van der Waals surface area contributed by atoms with Crippen molar-refractivity contribution in [3.63, 3.8) is 0 Å². The zero-order valence-electron chi connectivity index (χ0n) is 12.1. The topological polar surface area (TPSA) is 42.0 Å². The van der Waals surface area contributed by atoms with Crippen molar-refractivity contribution in [1.82, 2.24) is 10.3 Å². The van der Waals surface area contributed by atoms with Crippen molar-refractivity contribution >= 4 is 21.8 Å². The molecule has 1 N–H and O–H groups in total. The molecule has 1 aromatic carbocycles. The molecule has 5 heteroatoms. The molecule has 2 rings (SSSR count). The number of aromatic nitrogens is 1. The number of nitrogens with one attached hydrogen (secondary N) is 1. The second-order valence-electron chi connectivity index (χ2n) is 5.77. The van der Waals surface area contributed by atoms with E-state index in [1.807, 2.05) is 20.8 Å². The van der Waals surface area contributed by atoms with Gasteiger partial charge in [0.2, 0.25) is 0 Å². The van der Waals surface area contributed by atoms with E-state index in [9.17, 15) is 9.18 Å². The van der Waals surface area contributed by atoms with Gasteiger partial charge >= 0.3 is 0 Å². The summed E-state index contributed by atoms with van der Waals surface area (Å²) >= 11 is 3.31. The van der Waals surface area contributed by atoms with E-state index < -0.39 is 0 Å². The van der Waals surface area contributed by atoms with Gasteiger partial charge in [-0.05, 0) is 73.1 Å². The summed E-state index contributed by atoms with van der Waals surface area (Å²) < 4.78 is 13.5. The van der Waals surface area contributed by atoms with Crippen molar-refractivity contribution in [3.05, 3.63) is 52.4 Å². The van der Waals surface area contributed by atoms with Crippen LogP contribution in [0.15, 0.2) is 41.0 Å². The Kier molecular flexibility index (Phi) is 4.42. The molecule has 2 aromatic rings. The number of benzene rings is 1. The van der Waals surface area contributed by atoms with E-state index in [1.165, 1.54) is 12.1 Å². The minimum absolute atomic E-state index is 0.172. The van der Waals surface area contributed by atoms with Crippen LogP contribution in [0, 0.1) is 5.82 Å². The lowest BCUT2D eigenvalue weighted by atomic mass is 10.1. The average Bonchev–Trinajstić information content (AvgIpc) is 2.36. The van der Waals surface area contributed by atoms with Crippen LogP contribution in [-0.2, 0) is 0 Å². The van der Waals surface area contributed by atoms with Crippen LogP contribution in [0.5, 0.6) is 0 Å². The number of carbonyl (C=O) groups is 1. The number of halogens is 2. The van der Waals surface area contributed by atoms with Crippen LogP contribution in [0.2, 0.25) is 0 Å². The summed E-state index contributed by atoms with van der Waals surface area (Å²) in [5, 5.41) is 2.90. The van der Waals surface area contributed by atoms with Gasteiger partial charge in [-0.15, -0.1) is 0 Å². The van der Waals surface area contributed by atoms with Gasteiger partial charge in [-0.25, -0.2) is 9.37 Å². The third-order valence-electron chi connectivity index (χ3n) is 2.68. The van der Waals surface area contributed by atoms with E-state index in [4.69, 9.17) is 0 Å². The van der Waals surface area contributed by atoms with Crippen molar-refractivity contribution in [2.45, 2.75) is 26.3 Å². The molecule has 0 radical (unpaired) electrons. The maximum atomic E-state index is 13.0. The standard InChI is InChI=1S/C16H16BrFN2O/c1-16(2,3)20-15(21)11-8-13(19-14(17)9-11)10-4-6-12(18)7-5-10/h4-9H,1-3H3,(H,20,21). The monoisotopic (exact) mass is 350 g/mol. The Morgan fingerprint density at radius 3 is 2.38 bits per heavy atom. The highest BCUT2D eigenvalue weighted by Gasteiger charge is 2.16. The molecule has 0 aliphatic rings. The second-order valence-corrected chi connectivity index (χ2v) is 6.59. The highest BCUT2D eigenvalue weighted by Crippen LogP contribution is 2.22. The molecule has 1 aromatic heterocycles. The van der Waals surface area contributed by atoms with E-state index in [-0.39, 0.29) is 17.3 Å². The number of carbonyl (C=O) groups excluding carboxylic acids is 1. The molecule has 0 saturated heterocycles. The van der Waals surface area contributed by atoms with E-state index in [1.54, 1.807) is 24.3 Å². The molecule has 0 unspecified atom stereocenters. The van der Waals surface area contributed by atoms with E-state index in [0.717, 1.165) is 5.56 Å². The molecule has 0 spiro atoms. The average molecular weight is 351 g/mol. The Labute approximate surface area is 131 Å². The lowest BCUT2D eigenvalue weighted by molar-refractivity contribution is 0.0919. The Morgan fingerprint density at radius 1 is 1.19 bits per heavy atom. The number of rotatable bonds is 2. The van der Waals surface area contributed by atoms with Crippen molar-refractivity contribution in [3.8, 4) is 11.3 Å². The van der Waals surface area contributed by atoms with Crippen LogP contribution in [0.3, 0.4) is 0 Å². The molecule has 0 saturated carbocycles. The largest absolute Gasteiger partial charge is 0.347 e. The van der Waals surface area contributed by atoms with Crippen LogP contribution in [-0.4, -0.2) is 16.4 Å². The highest BCUT2D eigenvalue weighted by atomic mass is 79.9. The Morgan fingerprint density at radius 2 is 1.81 bits per heavy atom. The fourth-order valence-electron chi connectivity index (χ4n) is 1.81. The maximum absolute atomic E-state index is 13.0. The van der Waals surface area contributed by atoms with Crippen molar-refractivity contribution in [1.29, 1.82) is 0 Å². The van der Waals surface area contributed by atoms with Crippen LogP contribution in [0.4, 0.5) is 4.39 Å². The fourth-order valence-corrected chi connectivity index (χ4v) is 2.25.